The molecule has 0 saturated carbocycles. The van der Waals surface area contributed by atoms with Crippen LogP contribution in [-0.2, 0) is 10.0 Å². The van der Waals surface area contributed by atoms with E-state index in [1.165, 1.54) is 29.7 Å². The van der Waals surface area contributed by atoms with Crippen LogP contribution < -0.4 is 5.32 Å². The third kappa shape index (κ3) is 4.77. The Morgan fingerprint density at radius 1 is 1.20 bits per heavy atom. The molecule has 0 aliphatic rings. The summed E-state index contributed by atoms with van der Waals surface area (Å²) in [5.41, 5.74) is 0.968. The Morgan fingerprint density at radius 3 is 2.50 bits per heavy atom. The highest BCUT2D eigenvalue weighted by Crippen LogP contribution is 2.20. The lowest BCUT2D eigenvalue weighted by Gasteiger charge is -2.16. The molecule has 0 unspecified atom stereocenters. The highest BCUT2D eigenvalue weighted by Gasteiger charge is 2.20. The Morgan fingerprint density at radius 2 is 1.87 bits per heavy atom. The van der Waals surface area contributed by atoms with Gasteiger partial charge in [-0.3, -0.25) is 4.79 Å². The summed E-state index contributed by atoms with van der Waals surface area (Å²) in [5.74, 6) is -0.122. The van der Waals surface area contributed by atoms with Gasteiger partial charge in [-0.25, -0.2) is 21.8 Å². The highest BCUT2D eigenvalue weighted by atomic mass is 32.2. The lowest BCUT2D eigenvalue weighted by atomic mass is 10.2. The van der Waals surface area contributed by atoms with E-state index in [9.17, 15) is 17.6 Å². The molecule has 0 spiro atoms. The summed E-state index contributed by atoms with van der Waals surface area (Å²) in [6.45, 7) is 2.22. The molecule has 10 heteroatoms. The van der Waals surface area contributed by atoms with Gasteiger partial charge in [0.2, 0.25) is 10.0 Å². The molecule has 2 aromatic heterocycles. The predicted molar refractivity (Wildman–Crippen MR) is 112 cm³/mol. The van der Waals surface area contributed by atoms with Crippen LogP contribution in [0.3, 0.4) is 0 Å². The molecule has 3 aromatic rings. The van der Waals surface area contributed by atoms with Gasteiger partial charge in [0.25, 0.3) is 5.91 Å². The molecular formula is C20H24FN5O3S. The van der Waals surface area contributed by atoms with Gasteiger partial charge in [0.1, 0.15) is 11.4 Å². The normalized spacial score (nSPS) is 11.7. The monoisotopic (exact) mass is 433 g/mol. The summed E-state index contributed by atoms with van der Waals surface area (Å²) in [4.78, 5) is 12.8. The number of amides is 1. The minimum Gasteiger partial charge on any atom is -0.352 e. The molecule has 0 atom stereocenters. The average Bonchev–Trinajstić information content (AvgIpc) is 3.40. The van der Waals surface area contributed by atoms with Gasteiger partial charge in [0.15, 0.2) is 5.82 Å². The van der Waals surface area contributed by atoms with E-state index in [1.54, 1.807) is 40.7 Å². The molecule has 0 aliphatic heterocycles. The summed E-state index contributed by atoms with van der Waals surface area (Å²) in [6, 6.07) is 9.48. The second kappa shape index (κ2) is 9.23. The number of halogens is 1. The van der Waals surface area contributed by atoms with Crippen LogP contribution in [0, 0.1) is 5.82 Å². The van der Waals surface area contributed by atoms with Crippen LogP contribution in [0.4, 0.5) is 4.39 Å². The zero-order chi connectivity index (χ0) is 21.7. The first-order chi connectivity index (χ1) is 14.3. The number of hydrogen-bond acceptors (Lipinski definition) is 4. The third-order valence-electron chi connectivity index (χ3n) is 4.68. The molecule has 160 valence electrons. The number of benzene rings is 1. The zero-order valence-electron chi connectivity index (χ0n) is 16.8. The molecule has 1 aromatic carbocycles. The van der Waals surface area contributed by atoms with Crippen molar-refractivity contribution in [3.05, 3.63) is 66.4 Å². The SMILES string of the molecule is CCS(=O)(=O)N(C)CCCNC(=O)c1cnn(-c2ccc(F)cc2)c1-n1cccc1. The van der Waals surface area contributed by atoms with Gasteiger partial charge in [-0.2, -0.15) is 5.10 Å². The van der Waals surface area contributed by atoms with Crippen LogP contribution in [0.5, 0.6) is 0 Å². The maximum atomic E-state index is 13.3. The van der Waals surface area contributed by atoms with Crippen LogP contribution >= 0.6 is 0 Å². The van der Waals surface area contributed by atoms with Crippen molar-refractivity contribution >= 4 is 15.9 Å². The standard InChI is InChI=1S/C20H24FN5O3S/c1-3-30(28,29)24(2)12-6-11-22-19(27)18-15-23-26(17-9-7-16(21)8-10-17)20(18)25-13-4-5-14-25/h4-5,7-10,13-15H,3,6,11-12H2,1-2H3,(H,22,27). The van der Waals surface area contributed by atoms with Gasteiger partial charge in [-0.05, 0) is 49.7 Å². The summed E-state index contributed by atoms with van der Waals surface area (Å²) < 4.78 is 41.5. The molecule has 2 heterocycles. The van der Waals surface area contributed by atoms with Crippen molar-refractivity contribution in [3.8, 4) is 11.5 Å². The van der Waals surface area contributed by atoms with Gasteiger partial charge >= 0.3 is 0 Å². The molecular weight excluding hydrogens is 409 g/mol. The Hall–Kier alpha value is -2.98. The fraction of sp³-hybridized carbons (Fsp3) is 0.300. The van der Waals surface area contributed by atoms with Crippen LogP contribution in [0.1, 0.15) is 23.7 Å². The van der Waals surface area contributed by atoms with Crippen LogP contribution in [0.25, 0.3) is 11.5 Å². The molecule has 0 saturated heterocycles. The quantitative estimate of drug-likeness (QED) is 0.524. The van der Waals surface area contributed by atoms with Gasteiger partial charge in [0, 0.05) is 32.5 Å². The van der Waals surface area contributed by atoms with Crippen LogP contribution in [0.15, 0.2) is 55.0 Å². The maximum absolute atomic E-state index is 13.3. The number of nitrogens with zero attached hydrogens (tertiary/aromatic N) is 4. The van der Waals surface area contributed by atoms with E-state index >= 15 is 0 Å². The molecule has 30 heavy (non-hydrogen) atoms. The number of nitrogens with one attached hydrogen (secondary N) is 1. The molecule has 0 aliphatic carbocycles. The van der Waals surface area contributed by atoms with Crippen molar-refractivity contribution in [2.24, 2.45) is 0 Å². The Labute approximate surface area is 175 Å². The number of hydrogen-bond donors (Lipinski definition) is 1. The Balaban J connectivity index is 1.76. The second-order valence-electron chi connectivity index (χ2n) is 6.69. The van der Waals surface area contributed by atoms with Crippen molar-refractivity contribution < 1.29 is 17.6 Å². The van der Waals surface area contributed by atoms with E-state index < -0.39 is 10.0 Å². The summed E-state index contributed by atoms with van der Waals surface area (Å²) in [6.07, 6.45) is 5.52. The highest BCUT2D eigenvalue weighted by molar-refractivity contribution is 7.89. The fourth-order valence-corrected chi connectivity index (χ4v) is 3.80. The summed E-state index contributed by atoms with van der Waals surface area (Å²) in [5, 5.41) is 7.13. The lowest BCUT2D eigenvalue weighted by Crippen LogP contribution is -2.32. The van der Waals surface area contributed by atoms with E-state index in [0.29, 0.717) is 36.6 Å². The zero-order valence-corrected chi connectivity index (χ0v) is 17.6. The molecule has 0 bridgehead atoms. The van der Waals surface area contributed by atoms with E-state index in [2.05, 4.69) is 10.4 Å². The first-order valence-corrected chi connectivity index (χ1v) is 11.1. The predicted octanol–water partition coefficient (Wildman–Crippen LogP) is 2.20. The van der Waals surface area contributed by atoms with Gasteiger partial charge in [-0.15, -0.1) is 0 Å². The lowest BCUT2D eigenvalue weighted by molar-refractivity contribution is 0.0953. The molecule has 3 rings (SSSR count). The van der Waals surface area contributed by atoms with Gasteiger partial charge < -0.3 is 9.88 Å². The third-order valence-corrected chi connectivity index (χ3v) is 6.55. The molecule has 0 fully saturated rings. The average molecular weight is 434 g/mol. The Kier molecular flexibility index (Phi) is 6.68. The van der Waals surface area contributed by atoms with Gasteiger partial charge in [0.05, 0.1) is 17.6 Å². The fourth-order valence-electron chi connectivity index (χ4n) is 2.96. The minimum atomic E-state index is -3.24. The number of sulfonamides is 1. The number of rotatable bonds is 9. The molecule has 8 nitrogen and oxygen atoms in total. The number of carbonyl (C=O) groups excluding carboxylic acids is 1. The molecule has 1 N–H and O–H groups in total. The summed E-state index contributed by atoms with van der Waals surface area (Å²) >= 11 is 0. The minimum absolute atomic E-state index is 0.0403. The van der Waals surface area contributed by atoms with Crippen molar-refractivity contribution in [1.82, 2.24) is 24.0 Å². The van der Waals surface area contributed by atoms with Crippen molar-refractivity contribution in [3.63, 3.8) is 0 Å². The van der Waals surface area contributed by atoms with Gasteiger partial charge in [-0.1, -0.05) is 0 Å². The smallest absolute Gasteiger partial charge is 0.256 e. The molecule has 0 radical (unpaired) electrons. The number of carbonyl (C=O) groups is 1. The van der Waals surface area contributed by atoms with E-state index in [4.69, 9.17) is 0 Å². The first-order valence-electron chi connectivity index (χ1n) is 9.53. The van der Waals surface area contributed by atoms with Crippen LogP contribution in [-0.4, -0.2) is 58.9 Å². The number of aromatic nitrogens is 3. The van der Waals surface area contributed by atoms with E-state index in [1.807, 2.05) is 12.1 Å². The summed E-state index contributed by atoms with van der Waals surface area (Å²) in [7, 11) is -1.72. The van der Waals surface area contributed by atoms with Crippen LogP contribution in [0.2, 0.25) is 0 Å². The second-order valence-corrected chi connectivity index (χ2v) is 9.06. The van der Waals surface area contributed by atoms with E-state index in [0.717, 1.165) is 0 Å². The maximum Gasteiger partial charge on any atom is 0.256 e. The largest absolute Gasteiger partial charge is 0.352 e. The Bertz CT molecular complexity index is 1090. The van der Waals surface area contributed by atoms with Crippen molar-refractivity contribution in [2.45, 2.75) is 13.3 Å². The van der Waals surface area contributed by atoms with Crippen molar-refractivity contribution in [2.75, 3.05) is 25.9 Å². The van der Waals surface area contributed by atoms with E-state index in [-0.39, 0.29) is 17.5 Å². The molecule has 1 amide bonds. The first kappa shape index (κ1) is 21.7. The van der Waals surface area contributed by atoms with Crippen molar-refractivity contribution in [1.29, 1.82) is 0 Å². The topological polar surface area (TPSA) is 89.2 Å².